The molecule has 0 fully saturated rings. The van der Waals surface area contributed by atoms with Crippen LogP contribution < -0.4 is 15.4 Å². The van der Waals surface area contributed by atoms with Crippen LogP contribution in [0.1, 0.15) is 66.5 Å². The normalized spacial score (nSPS) is 15.9. The Morgan fingerprint density at radius 1 is 1.18 bits per heavy atom. The maximum atomic E-state index is 13.6. The minimum Gasteiger partial charge on any atom is -0.489 e. The fourth-order valence-corrected chi connectivity index (χ4v) is 4.01. The Morgan fingerprint density at radius 2 is 1.79 bits per heavy atom. The topological polar surface area (TPSA) is 93.7 Å². The SMILES string of the molecule is C=C(C)C(=O)OCC(C)(C)Nc1cc2c(c3c1C(=O)c1ccccc1C3=O)NC(C)(C)CO2. The summed E-state index contributed by atoms with van der Waals surface area (Å²) in [5.41, 5.74) is 1.43. The molecule has 0 atom stereocenters. The second-order valence-corrected chi connectivity index (χ2v) is 9.91. The molecule has 33 heavy (non-hydrogen) atoms. The Kier molecular flexibility index (Phi) is 5.31. The van der Waals surface area contributed by atoms with Crippen molar-refractivity contribution in [2.24, 2.45) is 0 Å². The van der Waals surface area contributed by atoms with Gasteiger partial charge in [-0.05, 0) is 34.6 Å². The molecule has 0 saturated heterocycles. The zero-order chi connectivity index (χ0) is 24.1. The Labute approximate surface area is 193 Å². The molecule has 4 rings (SSSR count). The van der Waals surface area contributed by atoms with Crippen LogP contribution in [-0.4, -0.2) is 41.8 Å². The van der Waals surface area contributed by atoms with Gasteiger partial charge in [0.25, 0.3) is 0 Å². The maximum Gasteiger partial charge on any atom is 0.333 e. The highest BCUT2D eigenvalue weighted by Crippen LogP contribution is 2.45. The van der Waals surface area contributed by atoms with Crippen LogP contribution in [0.2, 0.25) is 0 Å². The van der Waals surface area contributed by atoms with Crippen LogP contribution in [0.3, 0.4) is 0 Å². The quantitative estimate of drug-likeness (QED) is 0.443. The van der Waals surface area contributed by atoms with Crippen molar-refractivity contribution in [1.82, 2.24) is 0 Å². The second kappa shape index (κ2) is 7.76. The fourth-order valence-electron chi connectivity index (χ4n) is 4.01. The molecule has 0 radical (unpaired) electrons. The van der Waals surface area contributed by atoms with E-state index in [-0.39, 0.29) is 23.7 Å². The van der Waals surface area contributed by atoms with Gasteiger partial charge in [0.1, 0.15) is 19.0 Å². The average Bonchev–Trinajstić information content (AvgIpc) is 2.74. The predicted octanol–water partition coefficient (Wildman–Crippen LogP) is 4.35. The summed E-state index contributed by atoms with van der Waals surface area (Å²) in [4.78, 5) is 39.1. The van der Waals surface area contributed by atoms with Gasteiger partial charge in [-0.15, -0.1) is 0 Å². The molecule has 7 nitrogen and oxygen atoms in total. The van der Waals surface area contributed by atoms with Crippen molar-refractivity contribution in [2.75, 3.05) is 23.8 Å². The largest absolute Gasteiger partial charge is 0.489 e. The van der Waals surface area contributed by atoms with Crippen molar-refractivity contribution in [3.05, 3.63) is 64.7 Å². The van der Waals surface area contributed by atoms with E-state index in [9.17, 15) is 14.4 Å². The highest BCUT2D eigenvalue weighted by atomic mass is 16.5. The molecule has 2 aromatic carbocycles. The number of anilines is 2. The van der Waals surface area contributed by atoms with Gasteiger partial charge in [-0.2, -0.15) is 0 Å². The van der Waals surface area contributed by atoms with Gasteiger partial charge in [0.2, 0.25) is 0 Å². The van der Waals surface area contributed by atoms with Crippen LogP contribution in [0.25, 0.3) is 0 Å². The predicted molar refractivity (Wildman–Crippen MR) is 126 cm³/mol. The molecular formula is C26H28N2O5. The Balaban J connectivity index is 1.83. The third-order valence-electron chi connectivity index (χ3n) is 5.60. The van der Waals surface area contributed by atoms with Crippen LogP contribution in [0.4, 0.5) is 11.4 Å². The van der Waals surface area contributed by atoms with Crippen LogP contribution in [-0.2, 0) is 9.53 Å². The number of rotatable bonds is 5. The van der Waals surface area contributed by atoms with Gasteiger partial charge in [0, 0.05) is 22.8 Å². The van der Waals surface area contributed by atoms with Crippen LogP contribution in [0.15, 0.2) is 42.5 Å². The van der Waals surface area contributed by atoms with E-state index < -0.39 is 17.0 Å². The van der Waals surface area contributed by atoms with Crippen LogP contribution >= 0.6 is 0 Å². The van der Waals surface area contributed by atoms with Crippen molar-refractivity contribution >= 4 is 28.9 Å². The Morgan fingerprint density at radius 3 is 2.39 bits per heavy atom. The molecule has 2 aliphatic rings. The van der Waals surface area contributed by atoms with E-state index in [1.807, 2.05) is 27.7 Å². The number of hydrogen-bond donors (Lipinski definition) is 2. The molecule has 1 heterocycles. The summed E-state index contributed by atoms with van der Waals surface area (Å²) in [7, 11) is 0. The van der Waals surface area contributed by atoms with Gasteiger partial charge < -0.3 is 20.1 Å². The van der Waals surface area contributed by atoms with Gasteiger partial charge in [0.05, 0.1) is 33.6 Å². The van der Waals surface area contributed by atoms with E-state index >= 15 is 0 Å². The molecule has 2 N–H and O–H groups in total. The van der Waals surface area contributed by atoms with Gasteiger partial charge in [0.15, 0.2) is 11.6 Å². The molecule has 0 aromatic heterocycles. The first-order valence-corrected chi connectivity index (χ1v) is 10.8. The number of ether oxygens (including phenoxy) is 2. The number of esters is 1. The van der Waals surface area contributed by atoms with Crippen LogP contribution in [0.5, 0.6) is 5.75 Å². The standard InChI is InChI=1S/C26H28N2O5/c1-14(2)24(31)33-13-25(3,4)27-17-11-18-21(28-26(5,6)12-32-18)20-19(17)22(29)15-9-7-8-10-16(15)23(20)30/h7-11,27-28H,1,12-13H2,2-6H3. The van der Waals surface area contributed by atoms with Crippen molar-refractivity contribution in [3.8, 4) is 5.75 Å². The van der Waals surface area contributed by atoms with E-state index in [2.05, 4.69) is 17.2 Å². The second-order valence-electron chi connectivity index (χ2n) is 9.91. The van der Waals surface area contributed by atoms with Gasteiger partial charge in [-0.1, -0.05) is 30.8 Å². The smallest absolute Gasteiger partial charge is 0.333 e. The molecule has 0 saturated carbocycles. The lowest BCUT2D eigenvalue weighted by Crippen LogP contribution is -2.43. The summed E-state index contributed by atoms with van der Waals surface area (Å²) in [5.74, 6) is -0.482. The maximum absolute atomic E-state index is 13.6. The summed E-state index contributed by atoms with van der Waals surface area (Å²) in [5, 5.41) is 6.69. The molecule has 0 spiro atoms. The highest BCUT2D eigenvalue weighted by Gasteiger charge is 2.39. The van der Waals surface area contributed by atoms with Gasteiger partial charge in [-0.3, -0.25) is 9.59 Å². The summed E-state index contributed by atoms with van der Waals surface area (Å²) >= 11 is 0. The zero-order valence-electron chi connectivity index (χ0n) is 19.5. The first-order valence-electron chi connectivity index (χ1n) is 10.8. The lowest BCUT2D eigenvalue weighted by molar-refractivity contribution is -0.140. The number of benzene rings is 2. The van der Waals surface area contributed by atoms with Crippen molar-refractivity contribution < 1.29 is 23.9 Å². The minimum atomic E-state index is -0.741. The molecule has 0 bridgehead atoms. The average molecular weight is 449 g/mol. The number of hydrogen-bond acceptors (Lipinski definition) is 7. The summed E-state index contributed by atoms with van der Waals surface area (Å²) < 4.78 is 11.3. The van der Waals surface area contributed by atoms with E-state index in [4.69, 9.17) is 9.47 Å². The molecule has 0 amide bonds. The third kappa shape index (κ3) is 4.11. The molecular weight excluding hydrogens is 420 g/mol. The van der Waals surface area contributed by atoms with Crippen molar-refractivity contribution in [2.45, 2.75) is 45.7 Å². The monoisotopic (exact) mass is 448 g/mol. The number of carbonyl (C=O) groups excluding carboxylic acids is 3. The summed E-state index contributed by atoms with van der Waals surface area (Å²) in [6.07, 6.45) is 0. The van der Waals surface area contributed by atoms with Gasteiger partial charge >= 0.3 is 5.97 Å². The fraction of sp³-hybridized carbons (Fsp3) is 0.346. The number of nitrogens with one attached hydrogen (secondary N) is 2. The third-order valence-corrected chi connectivity index (χ3v) is 5.60. The zero-order valence-corrected chi connectivity index (χ0v) is 19.5. The lowest BCUT2D eigenvalue weighted by Gasteiger charge is -2.37. The van der Waals surface area contributed by atoms with Crippen LogP contribution in [0, 0.1) is 0 Å². The van der Waals surface area contributed by atoms with Crippen molar-refractivity contribution in [1.29, 1.82) is 0 Å². The number of ketones is 2. The van der Waals surface area contributed by atoms with E-state index in [0.717, 1.165) is 0 Å². The molecule has 2 aromatic rings. The summed E-state index contributed by atoms with van der Waals surface area (Å²) in [6.45, 7) is 13.2. The van der Waals surface area contributed by atoms with E-state index in [1.165, 1.54) is 0 Å². The highest BCUT2D eigenvalue weighted by molar-refractivity contribution is 6.32. The van der Waals surface area contributed by atoms with Crippen molar-refractivity contribution in [3.63, 3.8) is 0 Å². The number of carbonyl (C=O) groups is 3. The number of fused-ring (bicyclic) bond motifs is 4. The first kappa shape index (κ1) is 22.6. The van der Waals surface area contributed by atoms with Gasteiger partial charge in [-0.25, -0.2) is 4.79 Å². The Hall–Kier alpha value is -3.61. The van der Waals surface area contributed by atoms with E-state index in [0.29, 0.717) is 46.0 Å². The van der Waals surface area contributed by atoms with E-state index in [1.54, 1.807) is 37.3 Å². The first-order chi connectivity index (χ1) is 15.4. The Bertz CT molecular complexity index is 1210. The molecule has 1 aliphatic heterocycles. The molecule has 0 unspecified atom stereocenters. The molecule has 1 aliphatic carbocycles. The lowest BCUT2D eigenvalue weighted by atomic mass is 9.81. The minimum absolute atomic E-state index is 0.0371. The molecule has 172 valence electrons. The molecule has 7 heteroatoms. The summed E-state index contributed by atoms with van der Waals surface area (Å²) in [6, 6.07) is 8.55.